The summed E-state index contributed by atoms with van der Waals surface area (Å²) in [5.74, 6) is 0.325. The highest BCUT2D eigenvalue weighted by molar-refractivity contribution is 5.70. The van der Waals surface area contributed by atoms with Gasteiger partial charge in [0.1, 0.15) is 5.82 Å². The van der Waals surface area contributed by atoms with Crippen molar-refractivity contribution >= 4 is 12.2 Å². The van der Waals surface area contributed by atoms with Crippen molar-refractivity contribution in [3.05, 3.63) is 119 Å². The molecule has 0 aromatic heterocycles. The Morgan fingerprint density at radius 1 is 0.862 bits per heavy atom. The zero-order valence-corrected chi connectivity index (χ0v) is 17.3. The van der Waals surface area contributed by atoms with Gasteiger partial charge in [-0.2, -0.15) is 0 Å². The molecule has 1 unspecified atom stereocenters. The number of aryl methyl sites for hydroxylation is 1. The number of rotatable bonds is 8. The highest BCUT2D eigenvalue weighted by Gasteiger charge is 2.06. The van der Waals surface area contributed by atoms with Crippen LogP contribution in [-0.2, 0) is 12.8 Å². The lowest BCUT2D eigenvalue weighted by Crippen LogP contribution is -1.98. The van der Waals surface area contributed by atoms with Gasteiger partial charge in [0.15, 0.2) is 0 Å². The van der Waals surface area contributed by atoms with E-state index in [0.717, 1.165) is 30.4 Å². The zero-order valence-electron chi connectivity index (χ0n) is 17.3. The molecule has 1 heteroatoms. The van der Waals surface area contributed by atoms with E-state index >= 15 is 0 Å². The minimum Gasteiger partial charge on any atom is -0.206 e. The quantitative estimate of drug-likeness (QED) is 0.274. The van der Waals surface area contributed by atoms with Crippen molar-refractivity contribution in [2.75, 3.05) is 0 Å². The van der Waals surface area contributed by atoms with E-state index in [2.05, 4.69) is 67.6 Å². The second-order valence-electron chi connectivity index (χ2n) is 7.55. The highest BCUT2D eigenvalue weighted by atomic mass is 19.1. The molecule has 0 aliphatic carbocycles. The monoisotopic (exact) mass is 384 g/mol. The Bertz CT molecular complexity index is 949. The molecule has 0 spiro atoms. The van der Waals surface area contributed by atoms with Crippen molar-refractivity contribution in [1.29, 1.82) is 0 Å². The molecule has 0 aliphatic heterocycles. The second-order valence-corrected chi connectivity index (χ2v) is 7.55. The van der Waals surface area contributed by atoms with Crippen LogP contribution in [0, 0.1) is 5.82 Å². The first kappa shape index (κ1) is 20.8. The Morgan fingerprint density at radius 3 is 2.28 bits per heavy atom. The van der Waals surface area contributed by atoms with Crippen molar-refractivity contribution < 1.29 is 4.39 Å². The van der Waals surface area contributed by atoms with Crippen molar-refractivity contribution in [1.82, 2.24) is 0 Å². The van der Waals surface area contributed by atoms with Gasteiger partial charge in [0.05, 0.1) is 0 Å². The normalized spacial score (nSPS) is 12.7. The Labute approximate surface area is 174 Å². The van der Waals surface area contributed by atoms with Crippen molar-refractivity contribution in [2.45, 2.75) is 39.0 Å². The number of halogens is 1. The molecule has 0 heterocycles. The number of hydrogen-bond donors (Lipinski definition) is 0. The summed E-state index contributed by atoms with van der Waals surface area (Å²) in [7, 11) is 0. The van der Waals surface area contributed by atoms with E-state index < -0.39 is 0 Å². The van der Waals surface area contributed by atoms with Crippen LogP contribution in [0.25, 0.3) is 12.2 Å². The summed E-state index contributed by atoms with van der Waals surface area (Å²) >= 11 is 0. The molecule has 148 valence electrons. The van der Waals surface area contributed by atoms with Gasteiger partial charge in [0.25, 0.3) is 0 Å². The average Bonchev–Trinajstić information content (AvgIpc) is 2.75. The summed E-state index contributed by atoms with van der Waals surface area (Å²) in [6.07, 6.45) is 10.8. The minimum atomic E-state index is -0.160. The summed E-state index contributed by atoms with van der Waals surface area (Å²) in [6.45, 7) is 4.26. The minimum absolute atomic E-state index is 0.160. The van der Waals surface area contributed by atoms with Crippen LogP contribution in [-0.4, -0.2) is 0 Å². The largest absolute Gasteiger partial charge is 0.206 e. The molecule has 0 amide bonds. The van der Waals surface area contributed by atoms with Crippen LogP contribution >= 0.6 is 0 Å². The summed E-state index contributed by atoms with van der Waals surface area (Å²) in [5.41, 5.74) is 5.42. The summed E-state index contributed by atoms with van der Waals surface area (Å²) < 4.78 is 14.4. The molecule has 3 rings (SSSR count). The molecule has 3 aromatic carbocycles. The summed E-state index contributed by atoms with van der Waals surface area (Å²) in [6, 6.07) is 24.7. The van der Waals surface area contributed by atoms with Crippen LogP contribution in [0.5, 0.6) is 0 Å². The van der Waals surface area contributed by atoms with Gasteiger partial charge in [-0.15, -0.1) is 0 Å². The smallest absolute Gasteiger partial charge is 0.130 e. The Hall–Kier alpha value is -2.93. The number of benzene rings is 3. The van der Waals surface area contributed by atoms with Crippen molar-refractivity contribution in [3.8, 4) is 0 Å². The van der Waals surface area contributed by atoms with Crippen LogP contribution in [0.3, 0.4) is 0 Å². The molecular weight excluding hydrogens is 355 g/mol. The maximum atomic E-state index is 14.4. The van der Waals surface area contributed by atoms with E-state index in [9.17, 15) is 4.39 Å². The molecular formula is C28H29F. The first-order chi connectivity index (χ1) is 14.2. The molecule has 0 nitrogen and oxygen atoms in total. The van der Waals surface area contributed by atoms with Crippen LogP contribution in [0.15, 0.2) is 84.9 Å². The highest BCUT2D eigenvalue weighted by Crippen LogP contribution is 2.21. The molecule has 0 saturated carbocycles. The lowest BCUT2D eigenvalue weighted by Gasteiger charge is -2.12. The fourth-order valence-electron chi connectivity index (χ4n) is 3.48. The molecule has 1 atom stereocenters. The molecule has 29 heavy (non-hydrogen) atoms. The molecule has 0 fully saturated rings. The maximum Gasteiger partial charge on any atom is 0.130 e. The fourth-order valence-corrected chi connectivity index (χ4v) is 3.48. The molecule has 3 aromatic rings. The Kier molecular flexibility index (Phi) is 7.58. The van der Waals surface area contributed by atoms with E-state index in [0.29, 0.717) is 11.5 Å². The first-order valence-corrected chi connectivity index (χ1v) is 10.4. The molecule has 0 aliphatic rings. The Balaban J connectivity index is 1.61. The van der Waals surface area contributed by atoms with Crippen molar-refractivity contribution in [3.63, 3.8) is 0 Å². The van der Waals surface area contributed by atoms with Gasteiger partial charge in [-0.1, -0.05) is 98.0 Å². The predicted octanol–water partition coefficient (Wildman–Crippen LogP) is 7.85. The molecule has 0 saturated heterocycles. The molecule has 0 N–H and O–H groups in total. The van der Waals surface area contributed by atoms with E-state index in [1.54, 1.807) is 6.07 Å². The standard InChI is InChI=1S/C28H29F/c1-3-4-6-9-24-17-19-27(28(29)21-24)18-16-23-12-14-25(15-13-23)20-22(2)26-10-7-5-8-11-26/h3-5,7-8,10-19,21-22H,6,9,20H2,1-2H3/b4-3+,18-16+. The molecule has 0 bridgehead atoms. The SMILES string of the molecule is C/C=C/CCc1ccc(/C=C/c2ccc(CC(C)c3ccccc3)cc2)c(F)c1. The van der Waals surface area contributed by atoms with Crippen LogP contribution < -0.4 is 0 Å². The third-order valence-corrected chi connectivity index (χ3v) is 5.25. The average molecular weight is 385 g/mol. The van der Waals surface area contributed by atoms with Crippen molar-refractivity contribution in [2.24, 2.45) is 0 Å². The van der Waals surface area contributed by atoms with E-state index in [1.807, 2.05) is 37.3 Å². The van der Waals surface area contributed by atoms with E-state index in [1.165, 1.54) is 11.1 Å². The van der Waals surface area contributed by atoms with Gasteiger partial charge in [-0.25, -0.2) is 4.39 Å². The van der Waals surface area contributed by atoms with E-state index in [4.69, 9.17) is 0 Å². The Morgan fingerprint density at radius 2 is 1.59 bits per heavy atom. The van der Waals surface area contributed by atoms with Gasteiger partial charge in [-0.3, -0.25) is 0 Å². The second kappa shape index (κ2) is 10.6. The lowest BCUT2D eigenvalue weighted by molar-refractivity contribution is 0.622. The summed E-state index contributed by atoms with van der Waals surface area (Å²) in [4.78, 5) is 0. The van der Waals surface area contributed by atoms with Crippen LogP contribution in [0.4, 0.5) is 4.39 Å². The predicted molar refractivity (Wildman–Crippen MR) is 123 cm³/mol. The topological polar surface area (TPSA) is 0 Å². The first-order valence-electron chi connectivity index (χ1n) is 10.4. The van der Waals surface area contributed by atoms with E-state index in [-0.39, 0.29) is 5.82 Å². The number of allylic oxidation sites excluding steroid dienone is 2. The zero-order chi connectivity index (χ0) is 20.5. The maximum absolute atomic E-state index is 14.4. The van der Waals surface area contributed by atoms with Gasteiger partial charge in [0, 0.05) is 5.56 Å². The summed E-state index contributed by atoms with van der Waals surface area (Å²) in [5, 5.41) is 0. The number of hydrogen-bond acceptors (Lipinski definition) is 0. The van der Waals surface area contributed by atoms with Crippen LogP contribution in [0.2, 0.25) is 0 Å². The molecule has 0 radical (unpaired) electrons. The van der Waals surface area contributed by atoms with Gasteiger partial charge < -0.3 is 0 Å². The lowest BCUT2D eigenvalue weighted by atomic mass is 9.93. The third-order valence-electron chi connectivity index (χ3n) is 5.25. The van der Waals surface area contributed by atoms with Crippen LogP contribution in [0.1, 0.15) is 54.0 Å². The third kappa shape index (κ3) is 6.29. The van der Waals surface area contributed by atoms with Gasteiger partial charge >= 0.3 is 0 Å². The van der Waals surface area contributed by atoms with Gasteiger partial charge in [-0.05, 0) is 60.4 Å². The fraction of sp³-hybridized carbons (Fsp3) is 0.214. The van der Waals surface area contributed by atoms with Gasteiger partial charge in [0.2, 0.25) is 0 Å².